The highest BCUT2D eigenvalue weighted by Crippen LogP contribution is 2.10. The molecule has 0 fully saturated rings. The Hall–Kier alpha value is -5.63. The van der Waals surface area contributed by atoms with Crippen LogP contribution >= 0.6 is 0 Å². The van der Waals surface area contributed by atoms with E-state index >= 15 is 0 Å². The summed E-state index contributed by atoms with van der Waals surface area (Å²) in [5.74, 6) is -10.4. The van der Waals surface area contributed by atoms with Gasteiger partial charge in [-0.2, -0.15) is 0 Å². The Bertz CT molecular complexity index is 1440. The fourth-order valence-corrected chi connectivity index (χ4v) is 4.81. The number of carboxylic acid groups (broad SMARTS) is 4. The number of rotatable bonds is 26. The molecule has 13 N–H and O–H groups in total. The van der Waals surface area contributed by atoms with E-state index in [4.69, 9.17) is 16.6 Å². The maximum atomic E-state index is 13.8. The lowest BCUT2D eigenvalue weighted by Gasteiger charge is -2.27. The van der Waals surface area contributed by atoms with Crippen LogP contribution in [0.4, 0.5) is 0 Å². The van der Waals surface area contributed by atoms with Crippen molar-refractivity contribution in [2.75, 3.05) is 6.54 Å². The third kappa shape index (κ3) is 18.4. The van der Waals surface area contributed by atoms with Gasteiger partial charge in [0.1, 0.15) is 30.2 Å². The van der Waals surface area contributed by atoms with Crippen LogP contribution in [0.1, 0.15) is 70.3 Å². The minimum Gasteiger partial charge on any atom is -0.481 e. The fourth-order valence-electron chi connectivity index (χ4n) is 4.81. The molecule has 20 nitrogen and oxygen atoms in total. The zero-order valence-electron chi connectivity index (χ0n) is 29.2. The van der Waals surface area contributed by atoms with E-state index in [1.807, 2.05) is 0 Å². The van der Waals surface area contributed by atoms with Gasteiger partial charge in [0.2, 0.25) is 29.5 Å². The maximum absolute atomic E-state index is 13.8. The Kier molecular flexibility index (Phi) is 20.4. The molecule has 5 amide bonds. The molecule has 0 bridgehead atoms. The summed E-state index contributed by atoms with van der Waals surface area (Å²) in [4.78, 5) is 112. The molecular formula is C33H49N7O13. The van der Waals surface area contributed by atoms with E-state index in [1.54, 1.807) is 30.3 Å². The van der Waals surface area contributed by atoms with Crippen molar-refractivity contribution in [2.24, 2.45) is 11.5 Å². The number of carboxylic acids is 4. The largest absolute Gasteiger partial charge is 0.481 e. The van der Waals surface area contributed by atoms with Crippen molar-refractivity contribution in [1.29, 1.82) is 0 Å². The first-order valence-electron chi connectivity index (χ1n) is 16.8. The molecule has 6 atom stereocenters. The molecular weight excluding hydrogens is 702 g/mol. The second-order valence-electron chi connectivity index (χ2n) is 12.2. The smallest absolute Gasteiger partial charge is 0.326 e. The molecule has 1 aromatic rings. The Labute approximate surface area is 304 Å². The van der Waals surface area contributed by atoms with E-state index in [0.717, 1.165) is 0 Å². The van der Waals surface area contributed by atoms with Crippen LogP contribution in [0.3, 0.4) is 0 Å². The number of aliphatic carboxylic acids is 4. The zero-order valence-corrected chi connectivity index (χ0v) is 29.2. The molecule has 0 saturated heterocycles. The summed E-state index contributed by atoms with van der Waals surface area (Å²) in [6.07, 6.45) is -2.65. The second kappa shape index (κ2) is 23.8. The van der Waals surface area contributed by atoms with Gasteiger partial charge in [0, 0.05) is 25.7 Å². The van der Waals surface area contributed by atoms with Gasteiger partial charge in [-0.15, -0.1) is 0 Å². The number of nitrogens with two attached hydrogens (primary N) is 2. The molecule has 20 heteroatoms. The van der Waals surface area contributed by atoms with Gasteiger partial charge in [-0.3, -0.25) is 38.4 Å². The first-order valence-corrected chi connectivity index (χ1v) is 16.8. The standard InChI is InChI=1S/C33H49N7O13/c1-18(35)28(47)36-20(9-5-6-16-34)29(48)40-24(17-19-7-3-2-4-8-19)32(51)38-21(10-13-25(41)42)30(49)37-22(11-14-26(43)44)31(50)39-23(33(52)53)12-15-27(45)46/h2-4,7-8,18,20-24H,5-6,9-17,34-35H2,1H3,(H,36,47)(H,37,49)(H,38,51)(H,39,50)(H,40,48)(H,41,42)(H,43,44)(H,45,46)(H,52,53)/t18-,20-,21-,22-,23-,24-/m0/s1. The number of benzene rings is 1. The van der Waals surface area contributed by atoms with Crippen molar-refractivity contribution in [3.63, 3.8) is 0 Å². The van der Waals surface area contributed by atoms with E-state index in [-0.39, 0.29) is 12.8 Å². The molecule has 0 aliphatic carbocycles. The number of carbonyl (C=O) groups excluding carboxylic acids is 5. The second-order valence-corrected chi connectivity index (χ2v) is 12.2. The molecule has 0 aliphatic heterocycles. The summed E-state index contributed by atoms with van der Waals surface area (Å²) in [7, 11) is 0. The molecule has 0 aliphatic rings. The van der Waals surface area contributed by atoms with Gasteiger partial charge in [0.05, 0.1) is 6.04 Å². The zero-order chi connectivity index (χ0) is 40.1. The lowest BCUT2D eigenvalue weighted by atomic mass is 10.0. The van der Waals surface area contributed by atoms with Crippen molar-refractivity contribution in [3.05, 3.63) is 35.9 Å². The summed E-state index contributed by atoms with van der Waals surface area (Å²) in [5, 5.41) is 48.7. The Morgan fingerprint density at radius 1 is 0.547 bits per heavy atom. The monoisotopic (exact) mass is 751 g/mol. The van der Waals surface area contributed by atoms with Crippen LogP contribution in [-0.2, 0) is 49.6 Å². The van der Waals surface area contributed by atoms with E-state index in [1.165, 1.54) is 6.92 Å². The molecule has 0 saturated carbocycles. The quantitative estimate of drug-likeness (QED) is 0.0448. The lowest BCUT2D eigenvalue weighted by molar-refractivity contribution is -0.144. The van der Waals surface area contributed by atoms with E-state index < -0.39 is 128 Å². The minimum atomic E-state index is -1.72. The van der Waals surface area contributed by atoms with Crippen molar-refractivity contribution in [2.45, 2.75) is 107 Å². The van der Waals surface area contributed by atoms with Crippen LogP contribution in [0.15, 0.2) is 30.3 Å². The number of hydrogen-bond acceptors (Lipinski definition) is 11. The molecule has 294 valence electrons. The van der Waals surface area contributed by atoms with Crippen LogP contribution in [0.5, 0.6) is 0 Å². The van der Waals surface area contributed by atoms with Crippen LogP contribution in [0.2, 0.25) is 0 Å². The molecule has 1 rings (SSSR count). The summed E-state index contributed by atoms with van der Waals surface area (Å²) < 4.78 is 0. The molecule has 0 radical (unpaired) electrons. The number of unbranched alkanes of at least 4 members (excludes halogenated alkanes) is 1. The SMILES string of the molecule is C[C@H](N)C(=O)N[C@@H](CCCCN)C(=O)N[C@@H](Cc1ccccc1)C(=O)N[C@@H](CCC(=O)O)C(=O)N[C@@H](CCC(=O)O)C(=O)N[C@@H](CCC(=O)O)C(=O)O. The summed E-state index contributed by atoms with van der Waals surface area (Å²) in [5.41, 5.74) is 11.8. The minimum absolute atomic E-state index is 0.126. The number of amides is 5. The Morgan fingerprint density at radius 2 is 0.925 bits per heavy atom. The van der Waals surface area contributed by atoms with Crippen LogP contribution < -0.4 is 38.1 Å². The first-order chi connectivity index (χ1) is 24.9. The predicted molar refractivity (Wildman–Crippen MR) is 185 cm³/mol. The highest BCUT2D eigenvalue weighted by molar-refractivity contribution is 5.96. The Balaban J connectivity index is 3.40. The molecule has 0 heterocycles. The average Bonchev–Trinajstić information content (AvgIpc) is 3.08. The fraction of sp³-hybridized carbons (Fsp3) is 0.545. The van der Waals surface area contributed by atoms with Crippen molar-refractivity contribution in [1.82, 2.24) is 26.6 Å². The third-order valence-electron chi connectivity index (χ3n) is 7.73. The normalized spacial score (nSPS) is 14.2. The maximum Gasteiger partial charge on any atom is 0.326 e. The van der Waals surface area contributed by atoms with Gasteiger partial charge >= 0.3 is 23.9 Å². The highest BCUT2D eigenvalue weighted by Gasteiger charge is 2.33. The van der Waals surface area contributed by atoms with Gasteiger partial charge < -0.3 is 58.5 Å². The third-order valence-corrected chi connectivity index (χ3v) is 7.73. The van der Waals surface area contributed by atoms with E-state index in [0.29, 0.717) is 24.9 Å². The van der Waals surface area contributed by atoms with Crippen LogP contribution in [-0.4, -0.2) is 117 Å². The summed E-state index contributed by atoms with van der Waals surface area (Å²) >= 11 is 0. The van der Waals surface area contributed by atoms with Crippen molar-refractivity contribution in [3.8, 4) is 0 Å². The van der Waals surface area contributed by atoms with E-state index in [9.17, 15) is 58.5 Å². The summed E-state index contributed by atoms with van der Waals surface area (Å²) in [6.45, 7) is 1.73. The highest BCUT2D eigenvalue weighted by atomic mass is 16.4. The lowest BCUT2D eigenvalue weighted by Crippen LogP contribution is -2.59. The van der Waals surface area contributed by atoms with Crippen molar-refractivity contribution >= 4 is 53.4 Å². The number of carbonyl (C=O) groups is 9. The molecule has 1 aromatic carbocycles. The number of nitrogens with one attached hydrogen (secondary N) is 5. The Morgan fingerprint density at radius 3 is 1.34 bits per heavy atom. The average molecular weight is 752 g/mol. The number of hydrogen-bond donors (Lipinski definition) is 11. The molecule has 53 heavy (non-hydrogen) atoms. The van der Waals surface area contributed by atoms with Crippen LogP contribution in [0, 0.1) is 0 Å². The summed E-state index contributed by atoms with van der Waals surface area (Å²) in [6, 6.07) is -0.216. The van der Waals surface area contributed by atoms with Gasteiger partial charge in [0.25, 0.3) is 0 Å². The van der Waals surface area contributed by atoms with Gasteiger partial charge in [-0.05, 0) is 57.6 Å². The van der Waals surface area contributed by atoms with Gasteiger partial charge in [-0.25, -0.2) is 4.79 Å². The van der Waals surface area contributed by atoms with Crippen LogP contribution in [0.25, 0.3) is 0 Å². The van der Waals surface area contributed by atoms with E-state index in [2.05, 4.69) is 26.6 Å². The molecule has 0 spiro atoms. The molecule has 0 unspecified atom stereocenters. The topological polar surface area (TPSA) is 347 Å². The molecule has 0 aromatic heterocycles. The van der Waals surface area contributed by atoms with Crippen molar-refractivity contribution < 1.29 is 63.6 Å². The van der Waals surface area contributed by atoms with Gasteiger partial charge in [0.15, 0.2) is 0 Å². The van der Waals surface area contributed by atoms with Gasteiger partial charge in [-0.1, -0.05) is 30.3 Å². The predicted octanol–water partition coefficient (Wildman–Crippen LogP) is -2.19. The first kappa shape index (κ1) is 45.4.